The van der Waals surface area contributed by atoms with Crippen LogP contribution < -0.4 is 11.1 Å². The van der Waals surface area contributed by atoms with E-state index in [0.717, 1.165) is 0 Å². The average Bonchev–Trinajstić information content (AvgIpc) is 2.17. The Bertz CT molecular complexity index is 647. The standard InChI is InChI=1S/C11H13N3O2/c1-11(2,3)14-5-4-13-7-12-9(15)6-8(13)10(14)16/h4-7H,1-3H3. The van der Waals surface area contributed by atoms with Crippen molar-refractivity contribution in [3.63, 3.8) is 0 Å². The van der Waals surface area contributed by atoms with Gasteiger partial charge in [-0.05, 0) is 20.8 Å². The van der Waals surface area contributed by atoms with Crippen LogP contribution in [0.4, 0.5) is 0 Å². The molecule has 0 saturated heterocycles. The lowest BCUT2D eigenvalue weighted by molar-refractivity contribution is 0.384. The van der Waals surface area contributed by atoms with Crippen molar-refractivity contribution in [3.05, 3.63) is 45.5 Å². The van der Waals surface area contributed by atoms with Gasteiger partial charge in [0.15, 0.2) is 0 Å². The van der Waals surface area contributed by atoms with E-state index in [1.54, 1.807) is 21.4 Å². The summed E-state index contributed by atoms with van der Waals surface area (Å²) in [4.78, 5) is 26.8. The molecule has 0 saturated carbocycles. The van der Waals surface area contributed by atoms with Crippen molar-refractivity contribution in [2.75, 3.05) is 0 Å². The zero-order valence-corrected chi connectivity index (χ0v) is 9.47. The highest BCUT2D eigenvalue weighted by Gasteiger charge is 2.15. The Balaban J connectivity index is 2.89. The Labute approximate surface area is 92.0 Å². The van der Waals surface area contributed by atoms with Crippen LogP contribution in [0.2, 0.25) is 0 Å². The van der Waals surface area contributed by atoms with Crippen LogP contribution in [0.3, 0.4) is 0 Å². The number of rotatable bonds is 0. The first-order chi connectivity index (χ1) is 7.39. The fraction of sp³-hybridized carbons (Fsp3) is 0.364. The lowest BCUT2D eigenvalue weighted by Gasteiger charge is -2.22. The van der Waals surface area contributed by atoms with Crippen LogP contribution >= 0.6 is 0 Å². The zero-order valence-electron chi connectivity index (χ0n) is 9.47. The van der Waals surface area contributed by atoms with Crippen LogP contribution in [0.25, 0.3) is 5.52 Å². The van der Waals surface area contributed by atoms with Crippen molar-refractivity contribution < 1.29 is 0 Å². The highest BCUT2D eigenvalue weighted by atomic mass is 16.1. The number of hydrogen-bond donors (Lipinski definition) is 0. The molecule has 2 aromatic rings. The van der Waals surface area contributed by atoms with Gasteiger partial charge in [0.25, 0.3) is 11.1 Å². The summed E-state index contributed by atoms with van der Waals surface area (Å²) in [5, 5.41) is 0. The third-order valence-electron chi connectivity index (χ3n) is 2.38. The Hall–Kier alpha value is -1.91. The van der Waals surface area contributed by atoms with Gasteiger partial charge in [-0.2, -0.15) is 4.98 Å². The molecule has 0 radical (unpaired) electrons. The maximum Gasteiger partial charge on any atom is 0.275 e. The third kappa shape index (κ3) is 1.64. The number of fused-ring (bicyclic) bond motifs is 1. The SMILES string of the molecule is CC(C)(C)n1ccn2cnc(=O)cc2c1=O. The third-order valence-corrected chi connectivity index (χ3v) is 2.38. The highest BCUT2D eigenvalue weighted by molar-refractivity contribution is 5.42. The Morgan fingerprint density at radius 2 is 1.88 bits per heavy atom. The summed E-state index contributed by atoms with van der Waals surface area (Å²) < 4.78 is 3.15. The van der Waals surface area contributed by atoms with Crippen LogP contribution in [0.5, 0.6) is 0 Å². The van der Waals surface area contributed by atoms with E-state index in [1.807, 2.05) is 20.8 Å². The Morgan fingerprint density at radius 1 is 1.19 bits per heavy atom. The molecule has 0 aliphatic carbocycles. The summed E-state index contributed by atoms with van der Waals surface area (Å²) in [6.07, 6.45) is 4.77. The predicted octanol–water partition coefficient (Wildman–Crippen LogP) is 0.611. The van der Waals surface area contributed by atoms with E-state index in [4.69, 9.17) is 0 Å². The summed E-state index contributed by atoms with van der Waals surface area (Å²) in [7, 11) is 0. The lowest BCUT2D eigenvalue weighted by Crippen LogP contribution is -2.34. The van der Waals surface area contributed by atoms with Crippen molar-refractivity contribution in [2.24, 2.45) is 0 Å². The van der Waals surface area contributed by atoms with Gasteiger partial charge in [0.2, 0.25) is 0 Å². The molecule has 2 rings (SSSR count). The molecular weight excluding hydrogens is 206 g/mol. The van der Waals surface area contributed by atoms with Gasteiger partial charge in [-0.3, -0.25) is 9.59 Å². The first-order valence-electron chi connectivity index (χ1n) is 5.00. The van der Waals surface area contributed by atoms with Gasteiger partial charge in [-0.15, -0.1) is 0 Å². The molecule has 0 aliphatic rings. The van der Waals surface area contributed by atoms with Crippen LogP contribution in [0, 0.1) is 0 Å². The van der Waals surface area contributed by atoms with Gasteiger partial charge < -0.3 is 8.97 Å². The molecule has 0 N–H and O–H groups in total. The number of hydrogen-bond acceptors (Lipinski definition) is 3. The van der Waals surface area contributed by atoms with Gasteiger partial charge >= 0.3 is 0 Å². The summed E-state index contributed by atoms with van der Waals surface area (Å²) in [5.41, 5.74) is -0.547. The molecule has 0 bridgehead atoms. The molecule has 84 valence electrons. The molecule has 0 atom stereocenters. The van der Waals surface area contributed by atoms with E-state index in [9.17, 15) is 9.59 Å². The van der Waals surface area contributed by atoms with E-state index in [2.05, 4.69) is 4.98 Å². The molecule has 0 aliphatic heterocycles. The molecule has 0 amide bonds. The van der Waals surface area contributed by atoms with Gasteiger partial charge in [0, 0.05) is 24.0 Å². The molecule has 5 heteroatoms. The van der Waals surface area contributed by atoms with Crippen LogP contribution in [-0.2, 0) is 5.54 Å². The normalized spacial score (nSPS) is 11.9. The second-order valence-electron chi connectivity index (χ2n) is 4.66. The van der Waals surface area contributed by atoms with E-state index in [-0.39, 0.29) is 11.1 Å². The minimum Gasteiger partial charge on any atom is -0.307 e. The first-order valence-corrected chi connectivity index (χ1v) is 5.00. The maximum atomic E-state index is 12.1. The molecule has 0 fully saturated rings. The lowest BCUT2D eigenvalue weighted by atomic mass is 10.1. The highest BCUT2D eigenvalue weighted by Crippen LogP contribution is 2.10. The maximum absolute atomic E-state index is 12.1. The molecule has 0 aromatic carbocycles. The predicted molar refractivity (Wildman–Crippen MR) is 60.7 cm³/mol. The van der Waals surface area contributed by atoms with Crippen molar-refractivity contribution in [3.8, 4) is 0 Å². The number of aromatic nitrogens is 3. The molecule has 0 spiro atoms. The van der Waals surface area contributed by atoms with Gasteiger partial charge in [-0.25, -0.2) is 0 Å². The van der Waals surface area contributed by atoms with Crippen molar-refractivity contribution >= 4 is 5.52 Å². The average molecular weight is 219 g/mol. The molecule has 2 heterocycles. The molecular formula is C11H13N3O2. The minimum absolute atomic E-state index is 0.186. The van der Waals surface area contributed by atoms with Crippen molar-refractivity contribution in [2.45, 2.75) is 26.3 Å². The number of nitrogens with zero attached hydrogens (tertiary/aromatic N) is 3. The fourth-order valence-corrected chi connectivity index (χ4v) is 1.56. The zero-order chi connectivity index (χ0) is 11.9. The van der Waals surface area contributed by atoms with E-state index >= 15 is 0 Å². The Morgan fingerprint density at radius 3 is 2.50 bits per heavy atom. The quantitative estimate of drug-likeness (QED) is 0.652. The monoisotopic (exact) mass is 219 g/mol. The van der Waals surface area contributed by atoms with Crippen molar-refractivity contribution in [1.82, 2.24) is 14.0 Å². The topological polar surface area (TPSA) is 56.4 Å². The van der Waals surface area contributed by atoms with Gasteiger partial charge in [0.05, 0.1) is 0 Å². The van der Waals surface area contributed by atoms with Crippen LogP contribution in [0.15, 0.2) is 34.4 Å². The summed E-state index contributed by atoms with van der Waals surface area (Å²) in [6.45, 7) is 5.80. The Kier molecular flexibility index (Phi) is 2.18. The van der Waals surface area contributed by atoms with E-state index in [1.165, 1.54) is 12.4 Å². The van der Waals surface area contributed by atoms with Crippen LogP contribution in [0.1, 0.15) is 20.8 Å². The van der Waals surface area contributed by atoms with E-state index in [0.29, 0.717) is 5.52 Å². The van der Waals surface area contributed by atoms with Crippen LogP contribution in [-0.4, -0.2) is 14.0 Å². The molecule has 16 heavy (non-hydrogen) atoms. The van der Waals surface area contributed by atoms with Gasteiger partial charge in [-0.1, -0.05) is 0 Å². The molecule has 2 aromatic heterocycles. The first kappa shape index (κ1) is 10.6. The largest absolute Gasteiger partial charge is 0.307 e. The fourth-order valence-electron chi connectivity index (χ4n) is 1.56. The molecule has 0 unspecified atom stereocenters. The minimum atomic E-state index is -0.399. The van der Waals surface area contributed by atoms with Crippen molar-refractivity contribution in [1.29, 1.82) is 0 Å². The van der Waals surface area contributed by atoms with Gasteiger partial charge in [0.1, 0.15) is 11.8 Å². The molecule has 5 nitrogen and oxygen atoms in total. The second kappa shape index (κ2) is 3.30. The summed E-state index contributed by atoms with van der Waals surface area (Å²) in [5.74, 6) is 0. The summed E-state index contributed by atoms with van der Waals surface area (Å²) >= 11 is 0. The second-order valence-corrected chi connectivity index (χ2v) is 4.66. The van der Waals surface area contributed by atoms with E-state index < -0.39 is 5.56 Å². The smallest absolute Gasteiger partial charge is 0.275 e. The summed E-state index contributed by atoms with van der Waals surface area (Å²) in [6, 6.07) is 1.25.